The van der Waals surface area contributed by atoms with Crippen molar-refractivity contribution in [2.45, 2.75) is 24.7 Å². The topological polar surface area (TPSA) is 69.0 Å². The number of benzene rings is 1. The Labute approximate surface area is 171 Å². The molecule has 3 rings (SSSR count). The van der Waals surface area contributed by atoms with Crippen LogP contribution in [0.3, 0.4) is 0 Å². The quantitative estimate of drug-likeness (QED) is 0.407. The van der Waals surface area contributed by atoms with E-state index in [9.17, 15) is 9.18 Å². The average Bonchev–Trinajstić information content (AvgIpc) is 3.22. The SMILES string of the molecule is COCCn1c(C)cc(C(=O)CSc2nnc(Nc3cccc(F)c3)s2)c1C. The van der Waals surface area contributed by atoms with E-state index >= 15 is 0 Å². The molecular weight excluding hydrogens is 399 g/mol. The third-order valence-electron chi connectivity index (χ3n) is 4.20. The Balaban J connectivity index is 1.60. The van der Waals surface area contributed by atoms with Gasteiger partial charge in [-0.1, -0.05) is 29.2 Å². The van der Waals surface area contributed by atoms with Crippen molar-refractivity contribution in [3.63, 3.8) is 0 Å². The van der Waals surface area contributed by atoms with Gasteiger partial charge in [-0.05, 0) is 38.1 Å². The van der Waals surface area contributed by atoms with Gasteiger partial charge >= 0.3 is 0 Å². The van der Waals surface area contributed by atoms with Crippen molar-refractivity contribution in [1.82, 2.24) is 14.8 Å². The molecule has 0 amide bonds. The molecule has 1 N–H and O–H groups in total. The molecule has 1 aromatic carbocycles. The number of nitrogens with zero attached hydrogens (tertiary/aromatic N) is 3. The lowest BCUT2D eigenvalue weighted by Gasteiger charge is -2.08. The minimum absolute atomic E-state index is 0.0524. The number of methoxy groups -OCH3 is 1. The number of hydrogen-bond donors (Lipinski definition) is 1. The summed E-state index contributed by atoms with van der Waals surface area (Å²) in [5.74, 6) is 0.0119. The van der Waals surface area contributed by atoms with Crippen LogP contribution in [0, 0.1) is 19.7 Å². The molecule has 0 radical (unpaired) electrons. The molecule has 0 aliphatic carbocycles. The molecule has 0 spiro atoms. The van der Waals surface area contributed by atoms with Gasteiger partial charge in [0.2, 0.25) is 5.13 Å². The Morgan fingerprint density at radius 1 is 1.32 bits per heavy atom. The summed E-state index contributed by atoms with van der Waals surface area (Å²) >= 11 is 2.67. The highest BCUT2D eigenvalue weighted by atomic mass is 32.2. The van der Waals surface area contributed by atoms with Crippen LogP contribution in [-0.4, -0.2) is 40.0 Å². The predicted octanol–water partition coefficient (Wildman–Crippen LogP) is 4.46. The summed E-state index contributed by atoms with van der Waals surface area (Å²) in [5.41, 5.74) is 3.32. The van der Waals surface area contributed by atoms with Crippen molar-refractivity contribution < 1.29 is 13.9 Å². The number of rotatable bonds is 9. The number of carbonyl (C=O) groups excluding carboxylic acids is 1. The number of aromatic nitrogens is 3. The summed E-state index contributed by atoms with van der Waals surface area (Å²) in [6, 6.07) is 8.06. The van der Waals surface area contributed by atoms with Crippen molar-refractivity contribution in [1.29, 1.82) is 0 Å². The lowest BCUT2D eigenvalue weighted by atomic mass is 10.2. The Morgan fingerprint density at radius 3 is 2.89 bits per heavy atom. The van der Waals surface area contributed by atoms with Crippen LogP contribution < -0.4 is 5.32 Å². The maximum atomic E-state index is 13.3. The molecule has 0 aliphatic rings. The first kappa shape index (κ1) is 20.5. The second kappa shape index (κ2) is 9.31. The van der Waals surface area contributed by atoms with Crippen molar-refractivity contribution in [3.8, 4) is 0 Å². The first-order chi connectivity index (χ1) is 13.5. The summed E-state index contributed by atoms with van der Waals surface area (Å²) in [7, 11) is 1.66. The first-order valence-electron chi connectivity index (χ1n) is 8.65. The minimum Gasteiger partial charge on any atom is -0.383 e. The molecule has 2 aromatic heterocycles. The van der Waals surface area contributed by atoms with Gasteiger partial charge in [-0.15, -0.1) is 10.2 Å². The molecule has 28 heavy (non-hydrogen) atoms. The van der Waals surface area contributed by atoms with Crippen LogP contribution in [0.2, 0.25) is 0 Å². The molecule has 148 valence electrons. The smallest absolute Gasteiger partial charge is 0.210 e. The van der Waals surface area contributed by atoms with Gasteiger partial charge in [-0.25, -0.2) is 4.39 Å². The highest BCUT2D eigenvalue weighted by Crippen LogP contribution is 2.29. The minimum atomic E-state index is -0.321. The number of aryl methyl sites for hydroxylation is 1. The summed E-state index contributed by atoms with van der Waals surface area (Å²) in [5, 5.41) is 11.7. The van der Waals surface area contributed by atoms with Crippen LogP contribution in [0.25, 0.3) is 0 Å². The fourth-order valence-corrected chi connectivity index (χ4v) is 4.48. The first-order valence-corrected chi connectivity index (χ1v) is 10.5. The predicted molar refractivity (Wildman–Crippen MR) is 110 cm³/mol. The van der Waals surface area contributed by atoms with Gasteiger partial charge in [0.05, 0.1) is 12.4 Å². The molecule has 0 bridgehead atoms. The second-order valence-corrected chi connectivity index (χ2v) is 8.35. The number of hydrogen-bond acceptors (Lipinski definition) is 7. The summed E-state index contributed by atoms with van der Waals surface area (Å²) in [6.07, 6.45) is 0. The Bertz CT molecular complexity index is 971. The lowest BCUT2D eigenvalue weighted by molar-refractivity contribution is 0.102. The zero-order valence-electron chi connectivity index (χ0n) is 15.9. The number of carbonyl (C=O) groups is 1. The number of ether oxygens (including phenoxy) is 1. The van der Waals surface area contributed by atoms with Gasteiger partial charge in [-0.3, -0.25) is 4.79 Å². The van der Waals surface area contributed by atoms with E-state index in [-0.39, 0.29) is 17.4 Å². The fraction of sp³-hybridized carbons (Fsp3) is 0.316. The van der Waals surface area contributed by atoms with E-state index < -0.39 is 0 Å². The zero-order chi connectivity index (χ0) is 20.1. The molecule has 0 atom stereocenters. The Kier molecular flexibility index (Phi) is 6.82. The van der Waals surface area contributed by atoms with Crippen molar-refractivity contribution >= 4 is 39.7 Å². The third-order valence-corrected chi connectivity index (χ3v) is 6.17. The van der Waals surface area contributed by atoms with Crippen LogP contribution >= 0.6 is 23.1 Å². The van der Waals surface area contributed by atoms with Gasteiger partial charge < -0.3 is 14.6 Å². The maximum absolute atomic E-state index is 13.3. The van der Waals surface area contributed by atoms with Crippen LogP contribution in [0.15, 0.2) is 34.7 Å². The van der Waals surface area contributed by atoms with E-state index in [0.717, 1.165) is 23.5 Å². The Morgan fingerprint density at radius 2 is 2.14 bits per heavy atom. The van der Waals surface area contributed by atoms with E-state index in [2.05, 4.69) is 20.1 Å². The fourth-order valence-electron chi connectivity index (χ4n) is 2.82. The Hall–Kier alpha value is -2.23. The molecule has 0 unspecified atom stereocenters. The largest absolute Gasteiger partial charge is 0.383 e. The zero-order valence-corrected chi connectivity index (χ0v) is 17.5. The number of halogens is 1. The van der Waals surface area contributed by atoms with E-state index in [1.165, 1.54) is 35.2 Å². The van der Waals surface area contributed by atoms with Crippen molar-refractivity contribution in [3.05, 3.63) is 53.1 Å². The number of Topliss-reactive ketones (excluding diaryl/α,β-unsaturated/α-hetero) is 1. The van der Waals surface area contributed by atoms with E-state index in [1.54, 1.807) is 19.2 Å². The molecule has 0 aliphatic heterocycles. The van der Waals surface area contributed by atoms with Crippen molar-refractivity contribution in [2.75, 3.05) is 24.8 Å². The summed E-state index contributed by atoms with van der Waals surface area (Å²) in [6.45, 7) is 5.26. The number of nitrogens with one attached hydrogen (secondary N) is 1. The van der Waals surface area contributed by atoms with Crippen molar-refractivity contribution in [2.24, 2.45) is 0 Å². The molecule has 3 aromatic rings. The lowest BCUT2D eigenvalue weighted by Crippen LogP contribution is -2.09. The molecular formula is C19H21FN4O2S2. The van der Waals surface area contributed by atoms with Crippen LogP contribution in [0.5, 0.6) is 0 Å². The molecule has 2 heterocycles. The van der Waals surface area contributed by atoms with E-state index in [4.69, 9.17) is 4.74 Å². The number of thioether (sulfide) groups is 1. The van der Waals surface area contributed by atoms with E-state index in [1.807, 2.05) is 19.9 Å². The highest BCUT2D eigenvalue weighted by Gasteiger charge is 2.17. The van der Waals surface area contributed by atoms with Crippen LogP contribution in [0.1, 0.15) is 21.7 Å². The molecule has 9 heteroatoms. The van der Waals surface area contributed by atoms with Gasteiger partial charge in [0.15, 0.2) is 10.1 Å². The molecule has 0 saturated carbocycles. The second-order valence-electron chi connectivity index (χ2n) is 6.15. The standard InChI is InChI=1S/C19H21FN4O2S2/c1-12-9-16(13(2)24(12)7-8-26-3)17(25)11-27-19-23-22-18(28-19)21-15-6-4-5-14(20)10-15/h4-6,9-10H,7-8,11H2,1-3H3,(H,21,22). The molecule has 0 saturated heterocycles. The molecule has 6 nitrogen and oxygen atoms in total. The molecule has 0 fully saturated rings. The van der Waals surface area contributed by atoms with Gasteiger partial charge in [-0.2, -0.15) is 0 Å². The van der Waals surface area contributed by atoms with Gasteiger partial charge in [0, 0.05) is 36.3 Å². The third kappa shape index (κ3) is 4.98. The monoisotopic (exact) mass is 420 g/mol. The average molecular weight is 421 g/mol. The normalized spacial score (nSPS) is 11.0. The highest BCUT2D eigenvalue weighted by molar-refractivity contribution is 8.01. The van der Waals surface area contributed by atoms with E-state index in [0.29, 0.717) is 21.8 Å². The van der Waals surface area contributed by atoms with Gasteiger partial charge in [0.1, 0.15) is 5.82 Å². The number of ketones is 1. The van der Waals surface area contributed by atoms with Crippen LogP contribution in [-0.2, 0) is 11.3 Å². The van der Waals surface area contributed by atoms with Crippen LogP contribution in [0.4, 0.5) is 15.2 Å². The number of anilines is 2. The maximum Gasteiger partial charge on any atom is 0.210 e. The van der Waals surface area contributed by atoms with Gasteiger partial charge in [0.25, 0.3) is 0 Å². The summed E-state index contributed by atoms with van der Waals surface area (Å²) < 4.78 is 21.2. The summed E-state index contributed by atoms with van der Waals surface area (Å²) in [4.78, 5) is 12.6.